The van der Waals surface area contributed by atoms with Crippen LogP contribution < -0.4 is 16.0 Å². The highest BCUT2D eigenvalue weighted by Gasteiger charge is 2.22. The van der Waals surface area contributed by atoms with E-state index in [1.54, 1.807) is 0 Å². The summed E-state index contributed by atoms with van der Waals surface area (Å²) in [6.07, 6.45) is 3.54. The average Bonchev–Trinajstić information content (AvgIpc) is 2.39. The van der Waals surface area contributed by atoms with Gasteiger partial charge in [-0.1, -0.05) is 13.8 Å². The fourth-order valence-electron chi connectivity index (χ4n) is 2.22. The largest absolute Gasteiger partial charge is 0.356 e. The van der Waals surface area contributed by atoms with E-state index >= 15 is 0 Å². The lowest BCUT2D eigenvalue weighted by Gasteiger charge is -2.30. The molecule has 0 aromatic heterocycles. The van der Waals surface area contributed by atoms with Gasteiger partial charge in [-0.25, -0.2) is 0 Å². The second kappa shape index (κ2) is 10.9. The lowest BCUT2D eigenvalue weighted by Crippen LogP contribution is -2.50. The quantitative estimate of drug-likeness (QED) is 0.662. The van der Waals surface area contributed by atoms with Crippen molar-refractivity contribution in [2.75, 3.05) is 19.6 Å². The third-order valence-electron chi connectivity index (χ3n) is 3.55. The minimum absolute atomic E-state index is 0. The summed E-state index contributed by atoms with van der Waals surface area (Å²) in [5.74, 6) is 0.629. The van der Waals surface area contributed by atoms with Crippen molar-refractivity contribution in [1.82, 2.24) is 16.0 Å². The molecule has 2 amide bonds. The molecule has 0 spiro atoms. The fraction of sp³-hybridized carbons (Fsp3) is 0.857. The number of amides is 2. The van der Waals surface area contributed by atoms with E-state index in [1.807, 2.05) is 6.92 Å². The zero-order chi connectivity index (χ0) is 14.1. The molecular weight excluding hydrogens is 278 g/mol. The van der Waals surface area contributed by atoms with Gasteiger partial charge in [-0.05, 0) is 31.7 Å². The Labute approximate surface area is 128 Å². The molecule has 6 heteroatoms. The standard InChI is InChI=1S/C14H27N3O2.ClH/c1-3-8-16-13(18)5-4-6-14(19)17-12-10-15-9-7-11(12)2;/h11-12,15H,3-10H2,1-2H3,(H,16,18)(H,17,19);1H. The van der Waals surface area contributed by atoms with Gasteiger partial charge in [0.2, 0.25) is 11.8 Å². The molecular formula is C14H28ClN3O2. The molecule has 1 aliphatic heterocycles. The summed E-state index contributed by atoms with van der Waals surface area (Å²) in [6.45, 7) is 6.79. The summed E-state index contributed by atoms with van der Waals surface area (Å²) in [5.41, 5.74) is 0. The van der Waals surface area contributed by atoms with Crippen LogP contribution in [0.3, 0.4) is 0 Å². The van der Waals surface area contributed by atoms with Crippen LogP contribution in [0.5, 0.6) is 0 Å². The van der Waals surface area contributed by atoms with E-state index in [9.17, 15) is 9.59 Å². The van der Waals surface area contributed by atoms with Crippen LogP contribution in [-0.4, -0.2) is 37.5 Å². The molecule has 2 atom stereocenters. The van der Waals surface area contributed by atoms with Crippen LogP contribution in [0.25, 0.3) is 0 Å². The van der Waals surface area contributed by atoms with Crippen molar-refractivity contribution in [3.8, 4) is 0 Å². The fourth-order valence-corrected chi connectivity index (χ4v) is 2.22. The molecule has 1 rings (SSSR count). The first-order valence-electron chi connectivity index (χ1n) is 7.40. The first-order chi connectivity index (χ1) is 9.13. The predicted octanol–water partition coefficient (Wildman–Crippen LogP) is 1.22. The Morgan fingerprint density at radius 3 is 2.60 bits per heavy atom. The Hall–Kier alpha value is -0.810. The maximum absolute atomic E-state index is 11.8. The first kappa shape index (κ1) is 19.2. The molecule has 20 heavy (non-hydrogen) atoms. The Balaban J connectivity index is 0.00000361. The van der Waals surface area contributed by atoms with Crippen molar-refractivity contribution in [1.29, 1.82) is 0 Å². The second-order valence-corrected chi connectivity index (χ2v) is 5.35. The molecule has 0 radical (unpaired) electrons. The van der Waals surface area contributed by atoms with E-state index in [0.717, 1.165) is 32.5 Å². The van der Waals surface area contributed by atoms with Gasteiger partial charge < -0.3 is 16.0 Å². The molecule has 0 saturated carbocycles. The van der Waals surface area contributed by atoms with Gasteiger partial charge in [0.15, 0.2) is 0 Å². The van der Waals surface area contributed by atoms with Gasteiger partial charge in [0.05, 0.1) is 0 Å². The number of carbonyl (C=O) groups is 2. The van der Waals surface area contributed by atoms with Crippen LogP contribution in [0.15, 0.2) is 0 Å². The monoisotopic (exact) mass is 305 g/mol. The summed E-state index contributed by atoms with van der Waals surface area (Å²) in [6, 6.07) is 0.232. The van der Waals surface area contributed by atoms with Crippen LogP contribution >= 0.6 is 12.4 Å². The summed E-state index contributed by atoms with van der Waals surface area (Å²) in [4.78, 5) is 23.2. The SMILES string of the molecule is CCCNC(=O)CCCC(=O)NC1CNCCC1C.Cl. The van der Waals surface area contributed by atoms with Crippen molar-refractivity contribution in [3.05, 3.63) is 0 Å². The van der Waals surface area contributed by atoms with E-state index in [4.69, 9.17) is 0 Å². The number of halogens is 1. The average molecular weight is 306 g/mol. The number of hydrogen-bond acceptors (Lipinski definition) is 3. The van der Waals surface area contributed by atoms with Gasteiger partial charge in [-0.2, -0.15) is 0 Å². The lowest BCUT2D eigenvalue weighted by molar-refractivity contribution is -0.123. The molecule has 0 aromatic carbocycles. The maximum atomic E-state index is 11.8. The molecule has 1 aliphatic rings. The zero-order valence-corrected chi connectivity index (χ0v) is 13.4. The van der Waals surface area contributed by atoms with Crippen molar-refractivity contribution >= 4 is 24.2 Å². The third kappa shape index (κ3) is 7.70. The smallest absolute Gasteiger partial charge is 0.220 e. The number of carbonyl (C=O) groups excluding carboxylic acids is 2. The van der Waals surface area contributed by atoms with Crippen molar-refractivity contribution in [2.24, 2.45) is 5.92 Å². The summed E-state index contributed by atoms with van der Waals surface area (Å²) in [5, 5.41) is 9.16. The van der Waals surface area contributed by atoms with Crippen LogP contribution in [0.4, 0.5) is 0 Å². The van der Waals surface area contributed by atoms with Gasteiger partial charge in [0.25, 0.3) is 0 Å². The van der Waals surface area contributed by atoms with E-state index in [-0.39, 0.29) is 30.3 Å². The van der Waals surface area contributed by atoms with Crippen LogP contribution in [0.2, 0.25) is 0 Å². The van der Waals surface area contributed by atoms with Gasteiger partial charge >= 0.3 is 0 Å². The van der Waals surface area contributed by atoms with Gasteiger partial charge in [0.1, 0.15) is 0 Å². The predicted molar refractivity (Wildman–Crippen MR) is 83.0 cm³/mol. The molecule has 5 nitrogen and oxygen atoms in total. The normalized spacial score (nSPS) is 21.7. The Morgan fingerprint density at radius 2 is 1.95 bits per heavy atom. The molecule has 3 N–H and O–H groups in total. The Kier molecular flexibility index (Phi) is 10.5. The van der Waals surface area contributed by atoms with Crippen LogP contribution in [0.1, 0.15) is 46.0 Å². The van der Waals surface area contributed by atoms with Gasteiger partial charge in [-0.3, -0.25) is 9.59 Å². The van der Waals surface area contributed by atoms with E-state index < -0.39 is 0 Å². The minimum Gasteiger partial charge on any atom is -0.356 e. The Bertz CT molecular complexity index is 300. The van der Waals surface area contributed by atoms with Crippen molar-refractivity contribution < 1.29 is 9.59 Å². The lowest BCUT2D eigenvalue weighted by atomic mass is 9.94. The second-order valence-electron chi connectivity index (χ2n) is 5.35. The highest BCUT2D eigenvalue weighted by atomic mass is 35.5. The molecule has 1 heterocycles. The maximum Gasteiger partial charge on any atom is 0.220 e. The highest BCUT2D eigenvalue weighted by Crippen LogP contribution is 2.11. The highest BCUT2D eigenvalue weighted by molar-refractivity contribution is 5.85. The van der Waals surface area contributed by atoms with E-state index in [1.165, 1.54) is 0 Å². The number of rotatable bonds is 7. The summed E-state index contributed by atoms with van der Waals surface area (Å²) in [7, 11) is 0. The molecule has 1 saturated heterocycles. The first-order valence-corrected chi connectivity index (χ1v) is 7.40. The van der Waals surface area contributed by atoms with Crippen LogP contribution in [-0.2, 0) is 9.59 Å². The van der Waals surface area contributed by atoms with Gasteiger partial charge in [-0.15, -0.1) is 12.4 Å². The molecule has 0 bridgehead atoms. The van der Waals surface area contributed by atoms with E-state index in [2.05, 4.69) is 22.9 Å². The van der Waals surface area contributed by atoms with Crippen molar-refractivity contribution in [2.45, 2.75) is 52.0 Å². The molecule has 1 fully saturated rings. The number of nitrogens with one attached hydrogen (secondary N) is 3. The molecule has 0 aliphatic carbocycles. The molecule has 118 valence electrons. The number of hydrogen-bond donors (Lipinski definition) is 3. The topological polar surface area (TPSA) is 70.2 Å². The Morgan fingerprint density at radius 1 is 1.25 bits per heavy atom. The molecule has 2 unspecified atom stereocenters. The summed E-state index contributed by atoms with van der Waals surface area (Å²) < 4.78 is 0. The zero-order valence-electron chi connectivity index (χ0n) is 12.5. The van der Waals surface area contributed by atoms with Crippen molar-refractivity contribution in [3.63, 3.8) is 0 Å². The van der Waals surface area contributed by atoms with Crippen LogP contribution in [0, 0.1) is 5.92 Å². The van der Waals surface area contributed by atoms with Gasteiger partial charge in [0, 0.05) is 32.0 Å². The van der Waals surface area contributed by atoms with E-state index in [0.29, 0.717) is 25.2 Å². The summed E-state index contributed by atoms with van der Waals surface area (Å²) >= 11 is 0. The number of piperidine rings is 1. The third-order valence-corrected chi connectivity index (χ3v) is 3.55. The molecule has 0 aromatic rings. The minimum atomic E-state index is 0.